The number of hydrogen-bond donors (Lipinski definition) is 3. The molecule has 24 heavy (non-hydrogen) atoms. The van der Waals surface area contributed by atoms with Crippen molar-refractivity contribution in [3.05, 3.63) is 22.4 Å². The summed E-state index contributed by atoms with van der Waals surface area (Å²) in [6.07, 6.45) is -3.88. The average molecular weight is 367 g/mol. The van der Waals surface area contributed by atoms with E-state index < -0.39 is 18.4 Å². The number of hydrogen-bond acceptors (Lipinski definition) is 4. The van der Waals surface area contributed by atoms with Crippen molar-refractivity contribution in [3.8, 4) is 0 Å². The van der Waals surface area contributed by atoms with Crippen molar-refractivity contribution in [1.29, 1.82) is 0 Å². The second-order valence-electron chi connectivity index (χ2n) is 5.39. The molecule has 3 N–H and O–H groups in total. The fraction of sp³-hybridized carbons (Fsp3) is 0.667. The van der Waals surface area contributed by atoms with Gasteiger partial charge in [-0.1, -0.05) is 6.07 Å². The molecular formula is C15H24F3N3O2S. The van der Waals surface area contributed by atoms with Crippen LogP contribution in [0.2, 0.25) is 0 Å². The van der Waals surface area contributed by atoms with Crippen molar-refractivity contribution in [2.75, 3.05) is 32.8 Å². The number of halogens is 3. The van der Waals surface area contributed by atoms with Crippen LogP contribution in [-0.4, -0.2) is 50.1 Å². The van der Waals surface area contributed by atoms with Crippen molar-refractivity contribution in [1.82, 2.24) is 10.6 Å². The van der Waals surface area contributed by atoms with Crippen LogP contribution in [0.3, 0.4) is 0 Å². The van der Waals surface area contributed by atoms with E-state index in [1.807, 2.05) is 24.4 Å². The molecule has 1 rings (SSSR count). The first-order valence-corrected chi connectivity index (χ1v) is 8.55. The van der Waals surface area contributed by atoms with E-state index in [0.717, 1.165) is 4.88 Å². The molecule has 0 radical (unpaired) electrons. The van der Waals surface area contributed by atoms with Crippen molar-refractivity contribution >= 4 is 17.3 Å². The standard InChI is InChI=1S/C15H24F3N3O2S/c1-3-19-13(20-7-5-8-23-11-15(16,17)18)21-10-14(2,22)12-6-4-9-24-12/h4,6,9,22H,3,5,7-8,10-11H2,1-2H3,(H2,19,20,21). The van der Waals surface area contributed by atoms with Crippen molar-refractivity contribution < 1.29 is 23.0 Å². The second kappa shape index (κ2) is 9.85. The van der Waals surface area contributed by atoms with Gasteiger partial charge in [-0.05, 0) is 31.7 Å². The number of guanidine groups is 1. The van der Waals surface area contributed by atoms with Crippen LogP contribution in [0.1, 0.15) is 25.1 Å². The predicted molar refractivity (Wildman–Crippen MR) is 89.4 cm³/mol. The molecule has 1 aromatic rings. The van der Waals surface area contributed by atoms with E-state index in [2.05, 4.69) is 20.4 Å². The van der Waals surface area contributed by atoms with Gasteiger partial charge in [0.1, 0.15) is 12.2 Å². The second-order valence-corrected chi connectivity index (χ2v) is 6.34. The zero-order valence-corrected chi connectivity index (χ0v) is 14.6. The molecule has 0 aliphatic heterocycles. The van der Waals surface area contributed by atoms with Gasteiger partial charge in [0.25, 0.3) is 0 Å². The number of ether oxygens (including phenoxy) is 1. The van der Waals surface area contributed by atoms with Gasteiger partial charge in [-0.25, -0.2) is 4.99 Å². The fourth-order valence-electron chi connectivity index (χ4n) is 1.81. The molecule has 0 aromatic carbocycles. The van der Waals surface area contributed by atoms with Crippen LogP contribution in [0, 0.1) is 0 Å². The average Bonchev–Trinajstić information content (AvgIpc) is 3.02. The maximum atomic E-state index is 11.9. The van der Waals surface area contributed by atoms with Gasteiger partial charge in [0, 0.05) is 24.6 Å². The summed E-state index contributed by atoms with van der Waals surface area (Å²) < 4.78 is 40.3. The van der Waals surface area contributed by atoms with E-state index in [9.17, 15) is 18.3 Å². The number of alkyl halides is 3. The summed E-state index contributed by atoms with van der Waals surface area (Å²) in [4.78, 5) is 5.15. The molecule has 0 aliphatic rings. The van der Waals surface area contributed by atoms with E-state index in [1.54, 1.807) is 6.92 Å². The lowest BCUT2D eigenvalue weighted by atomic mass is 10.1. The molecular weight excluding hydrogens is 343 g/mol. The van der Waals surface area contributed by atoms with Gasteiger partial charge in [0.2, 0.25) is 0 Å². The summed E-state index contributed by atoms with van der Waals surface area (Å²) in [7, 11) is 0. The van der Waals surface area contributed by atoms with E-state index in [4.69, 9.17) is 0 Å². The van der Waals surface area contributed by atoms with Gasteiger partial charge in [-0.15, -0.1) is 11.3 Å². The van der Waals surface area contributed by atoms with Crippen LogP contribution in [0.25, 0.3) is 0 Å². The predicted octanol–water partition coefficient (Wildman–Crippen LogP) is 2.48. The van der Waals surface area contributed by atoms with Gasteiger partial charge < -0.3 is 20.5 Å². The minimum Gasteiger partial charge on any atom is -0.383 e. The number of aliphatic hydroxyl groups is 1. The summed E-state index contributed by atoms with van der Waals surface area (Å²) >= 11 is 1.46. The highest BCUT2D eigenvalue weighted by atomic mass is 32.1. The Morgan fingerprint density at radius 3 is 2.71 bits per heavy atom. The summed E-state index contributed by atoms with van der Waals surface area (Å²) in [6, 6.07) is 3.71. The van der Waals surface area contributed by atoms with Gasteiger partial charge in [-0.2, -0.15) is 13.2 Å². The lowest BCUT2D eigenvalue weighted by molar-refractivity contribution is -0.173. The van der Waals surface area contributed by atoms with Gasteiger partial charge in [0.05, 0.1) is 6.54 Å². The Hall–Kier alpha value is -1.32. The molecule has 0 fully saturated rings. The van der Waals surface area contributed by atoms with E-state index in [1.165, 1.54) is 11.3 Å². The zero-order valence-electron chi connectivity index (χ0n) is 13.8. The van der Waals surface area contributed by atoms with Gasteiger partial charge in [0.15, 0.2) is 5.96 Å². The normalized spacial score (nSPS) is 15.2. The first-order valence-electron chi connectivity index (χ1n) is 7.67. The highest BCUT2D eigenvalue weighted by Gasteiger charge is 2.27. The Balaban J connectivity index is 2.37. The van der Waals surface area contributed by atoms with Gasteiger partial charge >= 0.3 is 6.18 Å². The molecule has 1 heterocycles. The van der Waals surface area contributed by atoms with E-state index in [0.29, 0.717) is 25.5 Å². The zero-order chi connectivity index (χ0) is 18.1. The van der Waals surface area contributed by atoms with Crippen molar-refractivity contribution in [2.45, 2.75) is 32.0 Å². The lowest BCUT2D eigenvalue weighted by Crippen LogP contribution is -2.39. The molecule has 9 heteroatoms. The molecule has 5 nitrogen and oxygen atoms in total. The molecule has 0 spiro atoms. The maximum absolute atomic E-state index is 11.9. The molecule has 1 unspecified atom stereocenters. The third-order valence-electron chi connectivity index (χ3n) is 2.96. The Bertz CT molecular complexity index is 491. The summed E-state index contributed by atoms with van der Waals surface area (Å²) in [5, 5.41) is 18.3. The Labute approximate surface area is 143 Å². The molecule has 1 aromatic heterocycles. The minimum atomic E-state index is -4.29. The summed E-state index contributed by atoms with van der Waals surface area (Å²) in [5.74, 6) is 0.505. The number of aliphatic imine (C=N–C) groups is 1. The Morgan fingerprint density at radius 2 is 2.12 bits per heavy atom. The highest BCUT2D eigenvalue weighted by molar-refractivity contribution is 7.10. The lowest BCUT2D eigenvalue weighted by Gasteiger charge is -2.20. The molecule has 0 amide bonds. The monoisotopic (exact) mass is 367 g/mol. The van der Waals surface area contributed by atoms with Crippen LogP contribution >= 0.6 is 11.3 Å². The fourth-order valence-corrected chi connectivity index (χ4v) is 2.59. The first kappa shape index (κ1) is 20.7. The molecule has 138 valence electrons. The SMILES string of the molecule is CCNC(=NCC(C)(O)c1cccs1)NCCCOCC(F)(F)F. The third kappa shape index (κ3) is 8.51. The summed E-state index contributed by atoms with van der Waals surface area (Å²) in [5.41, 5.74) is -1.06. The topological polar surface area (TPSA) is 65.9 Å². The third-order valence-corrected chi connectivity index (χ3v) is 4.09. The quantitative estimate of drug-likeness (QED) is 0.356. The number of thiophene rings is 1. The van der Waals surface area contributed by atoms with Crippen LogP contribution in [0.5, 0.6) is 0 Å². The molecule has 0 saturated heterocycles. The maximum Gasteiger partial charge on any atom is 0.411 e. The summed E-state index contributed by atoms with van der Waals surface area (Å²) in [6.45, 7) is 3.61. The van der Waals surface area contributed by atoms with Crippen molar-refractivity contribution in [2.24, 2.45) is 4.99 Å². The Kier molecular flexibility index (Phi) is 8.51. The minimum absolute atomic E-state index is 0.0127. The van der Waals surface area contributed by atoms with Gasteiger partial charge in [-0.3, -0.25) is 0 Å². The smallest absolute Gasteiger partial charge is 0.383 e. The largest absolute Gasteiger partial charge is 0.411 e. The van der Waals surface area contributed by atoms with E-state index >= 15 is 0 Å². The number of rotatable bonds is 9. The van der Waals surface area contributed by atoms with E-state index in [-0.39, 0.29) is 13.2 Å². The number of nitrogens with zero attached hydrogens (tertiary/aromatic N) is 1. The Morgan fingerprint density at radius 1 is 1.38 bits per heavy atom. The van der Waals surface area contributed by atoms with Crippen LogP contribution in [-0.2, 0) is 10.3 Å². The molecule has 0 aliphatic carbocycles. The number of nitrogens with one attached hydrogen (secondary N) is 2. The van der Waals surface area contributed by atoms with Crippen LogP contribution in [0.15, 0.2) is 22.5 Å². The molecule has 1 atom stereocenters. The van der Waals surface area contributed by atoms with Crippen LogP contribution in [0.4, 0.5) is 13.2 Å². The molecule has 0 bridgehead atoms. The molecule has 0 saturated carbocycles. The first-order chi connectivity index (χ1) is 11.2. The highest BCUT2D eigenvalue weighted by Crippen LogP contribution is 2.25. The van der Waals surface area contributed by atoms with Crippen molar-refractivity contribution in [3.63, 3.8) is 0 Å². The van der Waals surface area contributed by atoms with Crippen LogP contribution < -0.4 is 10.6 Å².